The van der Waals surface area contributed by atoms with Crippen LogP contribution in [0.5, 0.6) is 0 Å². The Labute approximate surface area is 108 Å². The molecule has 2 heterocycles. The lowest BCUT2D eigenvalue weighted by Crippen LogP contribution is -2.40. The number of carbonyl (C=O) groups excluding carboxylic acids is 1. The van der Waals surface area contributed by atoms with Crippen LogP contribution in [0.2, 0.25) is 0 Å². The maximum absolute atomic E-state index is 12.5. The van der Waals surface area contributed by atoms with Gasteiger partial charge < -0.3 is 10.2 Å². The van der Waals surface area contributed by atoms with Crippen molar-refractivity contribution in [2.45, 2.75) is 45.2 Å². The molecule has 0 aromatic carbocycles. The van der Waals surface area contributed by atoms with Gasteiger partial charge in [-0.15, -0.1) is 0 Å². The number of anilines is 1. The number of hydrogen-bond acceptors (Lipinski definition) is 3. The van der Waals surface area contributed by atoms with Crippen molar-refractivity contribution in [2.24, 2.45) is 0 Å². The number of amides is 1. The second kappa shape index (κ2) is 5.38. The highest BCUT2D eigenvalue weighted by molar-refractivity contribution is 5.93. The van der Waals surface area contributed by atoms with Gasteiger partial charge in [0.25, 0.3) is 5.91 Å². The van der Waals surface area contributed by atoms with Crippen LogP contribution in [0.15, 0.2) is 18.3 Å². The SMILES string of the molecule is CCC1CCC(C)N1C(=O)c1cc(NC)ccn1. The molecule has 18 heavy (non-hydrogen) atoms. The molecular weight excluding hydrogens is 226 g/mol. The minimum absolute atomic E-state index is 0.0592. The first kappa shape index (κ1) is 12.9. The second-order valence-electron chi connectivity index (χ2n) is 4.88. The van der Waals surface area contributed by atoms with E-state index in [1.165, 1.54) is 0 Å². The van der Waals surface area contributed by atoms with Gasteiger partial charge in [0, 0.05) is 31.0 Å². The maximum Gasteiger partial charge on any atom is 0.273 e. The quantitative estimate of drug-likeness (QED) is 0.892. The van der Waals surface area contributed by atoms with Crippen molar-refractivity contribution in [3.63, 3.8) is 0 Å². The molecule has 0 radical (unpaired) electrons. The highest BCUT2D eigenvalue weighted by atomic mass is 16.2. The number of nitrogens with one attached hydrogen (secondary N) is 1. The molecule has 1 amide bonds. The number of carbonyl (C=O) groups is 1. The minimum atomic E-state index is 0.0592. The first-order valence-corrected chi connectivity index (χ1v) is 6.63. The van der Waals surface area contributed by atoms with E-state index in [0.717, 1.165) is 24.9 Å². The zero-order chi connectivity index (χ0) is 13.1. The first-order valence-electron chi connectivity index (χ1n) is 6.63. The van der Waals surface area contributed by atoms with Gasteiger partial charge in [0.1, 0.15) is 5.69 Å². The van der Waals surface area contributed by atoms with Gasteiger partial charge in [0.15, 0.2) is 0 Å². The summed E-state index contributed by atoms with van der Waals surface area (Å²) in [7, 11) is 1.84. The van der Waals surface area contributed by atoms with Crippen LogP contribution in [0.25, 0.3) is 0 Å². The molecule has 1 aliphatic heterocycles. The molecule has 2 atom stereocenters. The molecule has 1 aliphatic rings. The zero-order valence-corrected chi connectivity index (χ0v) is 11.3. The highest BCUT2D eigenvalue weighted by Crippen LogP contribution is 2.27. The van der Waals surface area contributed by atoms with E-state index in [0.29, 0.717) is 17.8 Å². The Hall–Kier alpha value is -1.58. The monoisotopic (exact) mass is 247 g/mol. The summed E-state index contributed by atoms with van der Waals surface area (Å²) in [4.78, 5) is 18.7. The minimum Gasteiger partial charge on any atom is -0.388 e. The fraction of sp³-hybridized carbons (Fsp3) is 0.571. The zero-order valence-electron chi connectivity index (χ0n) is 11.3. The van der Waals surface area contributed by atoms with E-state index in [1.54, 1.807) is 6.20 Å². The van der Waals surface area contributed by atoms with Gasteiger partial charge in [-0.05, 0) is 38.3 Å². The molecule has 1 saturated heterocycles. The lowest BCUT2D eigenvalue weighted by Gasteiger charge is -2.27. The van der Waals surface area contributed by atoms with Crippen LogP contribution in [0.3, 0.4) is 0 Å². The van der Waals surface area contributed by atoms with Gasteiger partial charge in [-0.2, -0.15) is 0 Å². The smallest absolute Gasteiger partial charge is 0.273 e. The molecule has 1 N–H and O–H groups in total. The normalized spacial score (nSPS) is 23.2. The molecule has 2 unspecified atom stereocenters. The van der Waals surface area contributed by atoms with Crippen molar-refractivity contribution in [3.05, 3.63) is 24.0 Å². The van der Waals surface area contributed by atoms with E-state index in [9.17, 15) is 4.79 Å². The van der Waals surface area contributed by atoms with Crippen molar-refractivity contribution >= 4 is 11.6 Å². The Bertz CT molecular complexity index is 433. The Kier molecular flexibility index (Phi) is 3.84. The van der Waals surface area contributed by atoms with Gasteiger partial charge >= 0.3 is 0 Å². The topological polar surface area (TPSA) is 45.2 Å². The summed E-state index contributed by atoms with van der Waals surface area (Å²) in [5.74, 6) is 0.0592. The van der Waals surface area contributed by atoms with Crippen LogP contribution in [0, 0.1) is 0 Å². The molecule has 0 spiro atoms. The molecule has 2 rings (SSSR count). The van der Waals surface area contributed by atoms with Gasteiger partial charge in [-0.1, -0.05) is 6.92 Å². The van der Waals surface area contributed by atoms with Gasteiger partial charge in [0.05, 0.1) is 0 Å². The Morgan fingerprint density at radius 2 is 2.33 bits per heavy atom. The number of pyridine rings is 1. The standard InChI is InChI=1S/C14H21N3O/c1-4-12-6-5-10(2)17(12)14(18)13-9-11(15-3)7-8-16-13/h7-10,12H,4-6H2,1-3H3,(H,15,16). The maximum atomic E-state index is 12.5. The van der Waals surface area contributed by atoms with E-state index in [1.807, 2.05) is 24.1 Å². The van der Waals surface area contributed by atoms with E-state index >= 15 is 0 Å². The molecular formula is C14H21N3O. The fourth-order valence-corrected chi connectivity index (χ4v) is 2.67. The molecule has 4 nitrogen and oxygen atoms in total. The molecule has 1 aromatic heterocycles. The third kappa shape index (κ3) is 2.33. The van der Waals surface area contributed by atoms with Crippen molar-refractivity contribution in [3.8, 4) is 0 Å². The Morgan fingerprint density at radius 1 is 1.56 bits per heavy atom. The van der Waals surface area contributed by atoms with Crippen molar-refractivity contribution < 1.29 is 4.79 Å². The van der Waals surface area contributed by atoms with Crippen molar-refractivity contribution in [1.82, 2.24) is 9.88 Å². The summed E-state index contributed by atoms with van der Waals surface area (Å²) >= 11 is 0. The van der Waals surface area contributed by atoms with E-state index in [2.05, 4.69) is 24.1 Å². The molecule has 1 aromatic rings. The number of hydrogen-bond donors (Lipinski definition) is 1. The second-order valence-corrected chi connectivity index (χ2v) is 4.88. The average Bonchev–Trinajstić information content (AvgIpc) is 2.79. The molecule has 4 heteroatoms. The van der Waals surface area contributed by atoms with Gasteiger partial charge in [0.2, 0.25) is 0 Å². The summed E-state index contributed by atoms with van der Waals surface area (Å²) in [5.41, 5.74) is 1.46. The summed E-state index contributed by atoms with van der Waals surface area (Å²) in [6.07, 6.45) is 4.90. The lowest BCUT2D eigenvalue weighted by atomic mass is 10.1. The summed E-state index contributed by atoms with van der Waals surface area (Å²) in [6.45, 7) is 4.26. The molecule has 0 aliphatic carbocycles. The number of likely N-dealkylation sites (tertiary alicyclic amines) is 1. The highest BCUT2D eigenvalue weighted by Gasteiger charge is 2.34. The van der Waals surface area contributed by atoms with Crippen LogP contribution in [-0.4, -0.2) is 34.9 Å². The van der Waals surface area contributed by atoms with Crippen molar-refractivity contribution in [2.75, 3.05) is 12.4 Å². The van der Waals surface area contributed by atoms with Crippen LogP contribution in [0.4, 0.5) is 5.69 Å². The number of nitrogens with zero attached hydrogens (tertiary/aromatic N) is 2. The Balaban J connectivity index is 2.24. The lowest BCUT2D eigenvalue weighted by molar-refractivity contribution is 0.0670. The predicted octanol–water partition coefficient (Wildman–Crippen LogP) is 2.53. The molecule has 1 fully saturated rings. The first-order chi connectivity index (χ1) is 8.67. The van der Waals surface area contributed by atoms with Crippen LogP contribution in [0.1, 0.15) is 43.6 Å². The third-order valence-electron chi connectivity index (χ3n) is 3.76. The number of rotatable bonds is 3. The Morgan fingerprint density at radius 3 is 3.00 bits per heavy atom. The largest absolute Gasteiger partial charge is 0.388 e. The molecule has 98 valence electrons. The molecule has 0 saturated carbocycles. The average molecular weight is 247 g/mol. The van der Waals surface area contributed by atoms with E-state index in [-0.39, 0.29) is 5.91 Å². The summed E-state index contributed by atoms with van der Waals surface area (Å²) < 4.78 is 0. The van der Waals surface area contributed by atoms with Crippen LogP contribution >= 0.6 is 0 Å². The summed E-state index contributed by atoms with van der Waals surface area (Å²) in [6, 6.07) is 4.37. The third-order valence-corrected chi connectivity index (χ3v) is 3.76. The predicted molar refractivity (Wildman–Crippen MR) is 72.7 cm³/mol. The van der Waals surface area contributed by atoms with E-state index < -0.39 is 0 Å². The molecule has 0 bridgehead atoms. The van der Waals surface area contributed by atoms with Crippen LogP contribution < -0.4 is 5.32 Å². The number of aromatic nitrogens is 1. The summed E-state index contributed by atoms with van der Waals surface area (Å²) in [5, 5.41) is 3.04. The fourth-order valence-electron chi connectivity index (χ4n) is 2.67. The van der Waals surface area contributed by atoms with Crippen molar-refractivity contribution in [1.29, 1.82) is 0 Å². The van der Waals surface area contributed by atoms with Gasteiger partial charge in [-0.3, -0.25) is 9.78 Å². The van der Waals surface area contributed by atoms with Crippen LogP contribution in [-0.2, 0) is 0 Å². The van der Waals surface area contributed by atoms with Gasteiger partial charge in [-0.25, -0.2) is 0 Å². The van der Waals surface area contributed by atoms with E-state index in [4.69, 9.17) is 0 Å².